The lowest BCUT2D eigenvalue weighted by Gasteiger charge is -2.17. The van der Waals surface area contributed by atoms with E-state index in [1.54, 1.807) is 18.2 Å². The average Bonchev–Trinajstić information content (AvgIpc) is 2.67. The molecular formula is C15H8Cl2FNO2. The van der Waals surface area contributed by atoms with Gasteiger partial charge < -0.3 is 4.90 Å². The number of hydrogen-bond acceptors (Lipinski definition) is 2. The van der Waals surface area contributed by atoms with E-state index >= 15 is 0 Å². The molecule has 0 saturated carbocycles. The van der Waals surface area contributed by atoms with Crippen LogP contribution in [0.2, 0.25) is 10.0 Å². The molecule has 0 atom stereocenters. The highest BCUT2D eigenvalue weighted by molar-refractivity contribution is 6.52. The van der Waals surface area contributed by atoms with E-state index in [0.717, 1.165) is 12.1 Å². The number of nitrogens with zero attached hydrogens (tertiary/aromatic N) is 1. The van der Waals surface area contributed by atoms with Gasteiger partial charge in [-0.05, 0) is 42.0 Å². The number of amides is 1. The van der Waals surface area contributed by atoms with Crippen molar-refractivity contribution >= 4 is 40.6 Å². The molecule has 3 rings (SSSR count). The zero-order valence-corrected chi connectivity index (χ0v) is 12.1. The summed E-state index contributed by atoms with van der Waals surface area (Å²) in [6, 6.07) is 8.46. The summed E-state index contributed by atoms with van der Waals surface area (Å²) >= 11 is 12.0. The monoisotopic (exact) mass is 323 g/mol. The van der Waals surface area contributed by atoms with Gasteiger partial charge in [0.25, 0.3) is 11.7 Å². The van der Waals surface area contributed by atoms with Crippen LogP contribution in [0.5, 0.6) is 0 Å². The number of anilines is 1. The van der Waals surface area contributed by atoms with Gasteiger partial charge in [0.15, 0.2) is 0 Å². The van der Waals surface area contributed by atoms with Gasteiger partial charge in [-0.1, -0.05) is 23.2 Å². The van der Waals surface area contributed by atoms with Crippen LogP contribution in [0.3, 0.4) is 0 Å². The molecular weight excluding hydrogens is 316 g/mol. The number of Topliss-reactive ketones (excluding diaryl/α,β-unsaturated/α-hetero) is 1. The zero-order chi connectivity index (χ0) is 15.1. The standard InChI is InChI=1S/C15H8Cl2FNO2/c16-9-1-4-12(17)8(5-9)7-19-13-6-10(18)2-3-11(13)14(20)15(19)21/h1-6H,7H2. The van der Waals surface area contributed by atoms with Gasteiger partial charge in [0, 0.05) is 10.0 Å². The van der Waals surface area contributed by atoms with Crippen molar-refractivity contribution in [1.82, 2.24) is 0 Å². The molecule has 0 fully saturated rings. The fraction of sp³-hybridized carbons (Fsp3) is 0.0667. The van der Waals surface area contributed by atoms with Gasteiger partial charge >= 0.3 is 0 Å². The lowest BCUT2D eigenvalue weighted by Crippen LogP contribution is -2.29. The molecule has 6 heteroatoms. The van der Waals surface area contributed by atoms with Crippen molar-refractivity contribution in [2.45, 2.75) is 6.54 Å². The summed E-state index contributed by atoms with van der Waals surface area (Å²) in [6.07, 6.45) is 0. The second kappa shape index (κ2) is 5.13. The lowest BCUT2D eigenvalue weighted by atomic mass is 10.1. The van der Waals surface area contributed by atoms with E-state index in [1.165, 1.54) is 11.0 Å². The molecule has 2 aromatic carbocycles. The second-order valence-electron chi connectivity index (χ2n) is 4.62. The molecule has 1 aliphatic heterocycles. The molecule has 1 aliphatic rings. The maximum absolute atomic E-state index is 13.4. The first-order valence-electron chi connectivity index (χ1n) is 6.07. The molecule has 3 nitrogen and oxygen atoms in total. The van der Waals surface area contributed by atoms with Gasteiger partial charge in [-0.25, -0.2) is 4.39 Å². The molecule has 0 spiro atoms. The van der Waals surface area contributed by atoms with Crippen LogP contribution in [0.1, 0.15) is 15.9 Å². The third-order valence-electron chi connectivity index (χ3n) is 3.27. The Balaban J connectivity index is 2.04. The van der Waals surface area contributed by atoms with Gasteiger partial charge in [-0.2, -0.15) is 0 Å². The maximum Gasteiger partial charge on any atom is 0.299 e. The summed E-state index contributed by atoms with van der Waals surface area (Å²) in [4.78, 5) is 25.1. The number of hydrogen-bond donors (Lipinski definition) is 0. The van der Waals surface area contributed by atoms with Crippen molar-refractivity contribution < 1.29 is 14.0 Å². The Morgan fingerprint density at radius 3 is 2.57 bits per heavy atom. The summed E-state index contributed by atoms with van der Waals surface area (Å²) in [7, 11) is 0. The SMILES string of the molecule is O=C1C(=O)N(Cc2cc(Cl)ccc2Cl)c2cc(F)ccc21. The Morgan fingerprint density at radius 2 is 1.81 bits per heavy atom. The van der Waals surface area contributed by atoms with Crippen molar-refractivity contribution in [2.24, 2.45) is 0 Å². The number of halogens is 3. The maximum atomic E-state index is 13.4. The van der Waals surface area contributed by atoms with Crippen LogP contribution < -0.4 is 4.90 Å². The van der Waals surface area contributed by atoms with E-state index in [2.05, 4.69) is 0 Å². The summed E-state index contributed by atoms with van der Waals surface area (Å²) in [5.41, 5.74) is 1.03. The second-order valence-corrected chi connectivity index (χ2v) is 5.46. The minimum Gasteiger partial charge on any atom is -0.300 e. The van der Waals surface area contributed by atoms with Crippen molar-refractivity contribution in [1.29, 1.82) is 0 Å². The highest BCUT2D eigenvalue weighted by Gasteiger charge is 2.36. The molecule has 0 aliphatic carbocycles. The molecule has 106 valence electrons. The van der Waals surface area contributed by atoms with E-state index < -0.39 is 17.5 Å². The summed E-state index contributed by atoms with van der Waals surface area (Å²) in [6.45, 7) is 0.0560. The van der Waals surface area contributed by atoms with E-state index in [0.29, 0.717) is 15.6 Å². The average molecular weight is 324 g/mol. The van der Waals surface area contributed by atoms with Crippen LogP contribution in [-0.4, -0.2) is 11.7 Å². The van der Waals surface area contributed by atoms with Gasteiger partial charge in [0.1, 0.15) is 5.82 Å². The minimum atomic E-state index is -0.702. The van der Waals surface area contributed by atoms with Crippen LogP contribution >= 0.6 is 23.2 Å². The van der Waals surface area contributed by atoms with Crippen molar-refractivity contribution in [3.05, 3.63) is 63.4 Å². The molecule has 21 heavy (non-hydrogen) atoms. The Labute approximate surface area is 129 Å². The highest BCUT2D eigenvalue weighted by atomic mass is 35.5. The largest absolute Gasteiger partial charge is 0.300 e. The molecule has 2 aromatic rings. The van der Waals surface area contributed by atoms with Crippen LogP contribution in [0.4, 0.5) is 10.1 Å². The number of benzene rings is 2. The van der Waals surface area contributed by atoms with E-state index in [1.807, 2.05) is 0 Å². The molecule has 0 bridgehead atoms. The van der Waals surface area contributed by atoms with Gasteiger partial charge in [0.05, 0.1) is 17.8 Å². The first kappa shape index (κ1) is 14.0. The van der Waals surface area contributed by atoms with Crippen molar-refractivity contribution in [3.8, 4) is 0 Å². The molecule has 0 radical (unpaired) electrons. The van der Waals surface area contributed by atoms with Crippen LogP contribution in [0.25, 0.3) is 0 Å². The number of rotatable bonds is 2. The van der Waals surface area contributed by atoms with E-state index in [9.17, 15) is 14.0 Å². The van der Waals surface area contributed by atoms with E-state index in [4.69, 9.17) is 23.2 Å². The fourth-order valence-corrected chi connectivity index (χ4v) is 2.63. The van der Waals surface area contributed by atoms with Gasteiger partial charge in [0.2, 0.25) is 0 Å². The summed E-state index contributed by atoms with van der Waals surface area (Å²) < 4.78 is 13.4. The zero-order valence-electron chi connectivity index (χ0n) is 10.6. The quantitative estimate of drug-likeness (QED) is 0.787. The van der Waals surface area contributed by atoms with Crippen molar-refractivity contribution in [2.75, 3.05) is 4.90 Å². The Hall–Kier alpha value is -1.91. The molecule has 1 heterocycles. The molecule has 0 unspecified atom stereocenters. The molecule has 1 amide bonds. The minimum absolute atomic E-state index is 0.0560. The fourth-order valence-electron chi connectivity index (χ4n) is 2.26. The van der Waals surface area contributed by atoms with Gasteiger partial charge in [-0.3, -0.25) is 9.59 Å². The predicted octanol–water partition coefficient (Wildman–Crippen LogP) is 3.86. The lowest BCUT2D eigenvalue weighted by molar-refractivity contribution is -0.114. The first-order valence-corrected chi connectivity index (χ1v) is 6.82. The summed E-state index contributed by atoms with van der Waals surface area (Å²) in [5.74, 6) is -1.87. The van der Waals surface area contributed by atoms with Crippen LogP contribution in [0, 0.1) is 5.82 Å². The number of fused-ring (bicyclic) bond motifs is 1. The Kier molecular flexibility index (Phi) is 3.43. The normalized spacial score (nSPS) is 13.8. The molecule has 0 N–H and O–H groups in total. The molecule has 0 aromatic heterocycles. The molecule has 0 saturated heterocycles. The van der Waals surface area contributed by atoms with E-state index in [-0.39, 0.29) is 17.8 Å². The van der Waals surface area contributed by atoms with Crippen LogP contribution in [0.15, 0.2) is 36.4 Å². The topological polar surface area (TPSA) is 37.4 Å². The summed E-state index contributed by atoms with van der Waals surface area (Å²) in [5, 5.41) is 0.886. The predicted molar refractivity (Wildman–Crippen MR) is 78.4 cm³/mol. The smallest absolute Gasteiger partial charge is 0.299 e. The van der Waals surface area contributed by atoms with Crippen LogP contribution in [-0.2, 0) is 11.3 Å². The Bertz CT molecular complexity index is 776. The number of ketones is 1. The highest BCUT2D eigenvalue weighted by Crippen LogP contribution is 2.32. The van der Waals surface area contributed by atoms with Crippen molar-refractivity contribution in [3.63, 3.8) is 0 Å². The third-order valence-corrected chi connectivity index (χ3v) is 3.87. The third kappa shape index (κ3) is 2.41. The number of carbonyl (C=O) groups is 2. The number of carbonyl (C=O) groups excluding carboxylic acids is 2. The Morgan fingerprint density at radius 1 is 1.05 bits per heavy atom. The van der Waals surface area contributed by atoms with Gasteiger partial charge in [-0.15, -0.1) is 0 Å². The first-order chi connectivity index (χ1) is 9.97.